The van der Waals surface area contributed by atoms with Gasteiger partial charge in [-0.2, -0.15) is 0 Å². The summed E-state index contributed by atoms with van der Waals surface area (Å²) in [6.07, 6.45) is 7.35. The lowest BCUT2D eigenvalue weighted by Gasteiger charge is -2.47. The number of aliphatic hydroxyl groups is 1. The minimum Gasteiger partial charge on any atom is -0.390 e. The van der Waals surface area contributed by atoms with Gasteiger partial charge in [0.1, 0.15) is 0 Å². The summed E-state index contributed by atoms with van der Waals surface area (Å²) in [5.74, 6) is 0.638. The predicted octanol–water partition coefficient (Wildman–Crippen LogP) is 2.26. The molecule has 1 saturated carbocycles. The van der Waals surface area contributed by atoms with Gasteiger partial charge in [0.25, 0.3) is 0 Å². The first kappa shape index (κ1) is 16.8. The molecule has 1 amide bonds. The second-order valence-corrected chi connectivity index (χ2v) is 6.91. The molecule has 2 fully saturated rings. The summed E-state index contributed by atoms with van der Waals surface area (Å²) in [6.45, 7) is 8.28. The van der Waals surface area contributed by atoms with Crippen LogP contribution in [0.3, 0.4) is 0 Å². The molecule has 21 heavy (non-hydrogen) atoms. The van der Waals surface area contributed by atoms with Crippen molar-refractivity contribution >= 4 is 5.91 Å². The Kier molecular flexibility index (Phi) is 6.06. The van der Waals surface area contributed by atoms with Gasteiger partial charge in [-0.1, -0.05) is 26.7 Å². The van der Waals surface area contributed by atoms with Crippen LogP contribution in [-0.4, -0.2) is 59.1 Å². The van der Waals surface area contributed by atoms with E-state index in [0.717, 1.165) is 64.7 Å². The van der Waals surface area contributed by atoms with Crippen molar-refractivity contribution in [2.24, 2.45) is 5.92 Å². The molecule has 2 aliphatic rings. The summed E-state index contributed by atoms with van der Waals surface area (Å²) >= 11 is 0. The lowest BCUT2D eigenvalue weighted by atomic mass is 9.71. The van der Waals surface area contributed by atoms with Crippen molar-refractivity contribution in [2.75, 3.05) is 32.7 Å². The van der Waals surface area contributed by atoms with Gasteiger partial charge in [-0.3, -0.25) is 9.69 Å². The molecule has 1 heterocycles. The Balaban J connectivity index is 1.87. The fourth-order valence-electron chi connectivity index (χ4n) is 3.98. The van der Waals surface area contributed by atoms with Crippen LogP contribution in [-0.2, 0) is 4.79 Å². The number of likely N-dealkylation sites (tertiary alicyclic amines) is 1. The maximum Gasteiger partial charge on any atom is 0.236 e. The molecular weight excluding hydrogens is 264 g/mol. The maximum absolute atomic E-state index is 12.5. The Morgan fingerprint density at radius 3 is 2.62 bits per heavy atom. The van der Waals surface area contributed by atoms with E-state index in [-0.39, 0.29) is 5.91 Å². The Morgan fingerprint density at radius 2 is 1.95 bits per heavy atom. The van der Waals surface area contributed by atoms with Crippen LogP contribution in [0.25, 0.3) is 0 Å². The van der Waals surface area contributed by atoms with Gasteiger partial charge in [-0.05, 0) is 32.1 Å². The average molecular weight is 296 g/mol. The molecular formula is C17H32N2O2. The lowest BCUT2D eigenvalue weighted by molar-refractivity contribution is -0.136. The Morgan fingerprint density at radius 1 is 1.24 bits per heavy atom. The molecule has 2 unspecified atom stereocenters. The second kappa shape index (κ2) is 7.59. The third-order valence-electron chi connectivity index (χ3n) is 5.21. The van der Waals surface area contributed by atoms with Gasteiger partial charge in [0.05, 0.1) is 12.1 Å². The highest BCUT2D eigenvalue weighted by molar-refractivity contribution is 5.78. The molecule has 1 N–H and O–H groups in total. The molecule has 0 aromatic rings. The smallest absolute Gasteiger partial charge is 0.236 e. The van der Waals surface area contributed by atoms with E-state index < -0.39 is 5.60 Å². The molecule has 1 saturated heterocycles. The van der Waals surface area contributed by atoms with Gasteiger partial charge in [0.2, 0.25) is 5.91 Å². The number of amides is 1. The normalized spacial score (nSPS) is 30.0. The molecule has 4 nitrogen and oxygen atoms in total. The van der Waals surface area contributed by atoms with E-state index >= 15 is 0 Å². The molecule has 0 radical (unpaired) electrons. The first-order valence-corrected chi connectivity index (χ1v) is 8.81. The van der Waals surface area contributed by atoms with Gasteiger partial charge in [0, 0.05) is 32.1 Å². The van der Waals surface area contributed by atoms with E-state index in [1.54, 1.807) is 0 Å². The van der Waals surface area contributed by atoms with Crippen LogP contribution >= 0.6 is 0 Å². The summed E-state index contributed by atoms with van der Waals surface area (Å²) in [6, 6.07) is 0. The van der Waals surface area contributed by atoms with E-state index in [0.29, 0.717) is 12.5 Å². The van der Waals surface area contributed by atoms with Crippen molar-refractivity contribution in [3.8, 4) is 0 Å². The van der Waals surface area contributed by atoms with Crippen LogP contribution in [0.5, 0.6) is 0 Å². The fourth-order valence-corrected chi connectivity index (χ4v) is 3.98. The zero-order valence-corrected chi connectivity index (χ0v) is 13.8. The maximum atomic E-state index is 12.5. The van der Waals surface area contributed by atoms with Crippen LogP contribution in [0.4, 0.5) is 0 Å². The third-order valence-corrected chi connectivity index (χ3v) is 5.21. The fraction of sp³-hybridized carbons (Fsp3) is 0.941. The quantitative estimate of drug-likeness (QED) is 0.817. The molecule has 0 aromatic carbocycles. The number of hydrogen-bond donors (Lipinski definition) is 1. The third kappa shape index (κ3) is 4.19. The summed E-state index contributed by atoms with van der Waals surface area (Å²) in [5, 5.41) is 10.7. The minimum atomic E-state index is -0.440. The number of carbonyl (C=O) groups is 1. The number of carbonyl (C=O) groups excluding carboxylic acids is 1. The summed E-state index contributed by atoms with van der Waals surface area (Å²) in [5.41, 5.74) is -0.440. The number of nitrogens with zero attached hydrogens (tertiary/aromatic N) is 2. The Labute approximate surface area is 129 Å². The van der Waals surface area contributed by atoms with Crippen LogP contribution in [0.1, 0.15) is 58.8 Å². The first-order chi connectivity index (χ1) is 10.1. The van der Waals surface area contributed by atoms with Gasteiger partial charge < -0.3 is 10.0 Å². The predicted molar refractivity (Wildman–Crippen MR) is 85.1 cm³/mol. The highest BCUT2D eigenvalue weighted by Crippen LogP contribution is 2.39. The van der Waals surface area contributed by atoms with Gasteiger partial charge in [0.15, 0.2) is 0 Å². The van der Waals surface area contributed by atoms with Gasteiger partial charge in [-0.25, -0.2) is 0 Å². The summed E-state index contributed by atoms with van der Waals surface area (Å²) in [4.78, 5) is 16.7. The molecule has 2 rings (SSSR count). The molecule has 1 aliphatic carbocycles. The topological polar surface area (TPSA) is 43.8 Å². The van der Waals surface area contributed by atoms with Crippen LogP contribution < -0.4 is 0 Å². The molecule has 122 valence electrons. The highest BCUT2D eigenvalue weighted by Gasteiger charge is 2.42. The van der Waals surface area contributed by atoms with Crippen molar-refractivity contribution < 1.29 is 9.90 Å². The zero-order chi connectivity index (χ0) is 15.3. The Bertz CT molecular complexity index is 342. The average Bonchev–Trinajstić information content (AvgIpc) is 2.47. The second-order valence-electron chi connectivity index (χ2n) is 6.91. The molecule has 1 aliphatic heterocycles. The van der Waals surface area contributed by atoms with Crippen molar-refractivity contribution in [1.29, 1.82) is 0 Å². The molecule has 2 atom stereocenters. The van der Waals surface area contributed by atoms with E-state index in [2.05, 4.69) is 18.7 Å². The summed E-state index contributed by atoms with van der Waals surface area (Å²) in [7, 11) is 0. The standard InChI is InChI=1S/C17H32N2O2/c1-3-10-19(11-4-2)16(20)14-18-12-9-17(21)8-6-5-7-15(17)13-18/h15,21H,3-14H2,1-2H3. The van der Waals surface area contributed by atoms with Crippen LogP contribution in [0.2, 0.25) is 0 Å². The molecule has 0 bridgehead atoms. The lowest BCUT2D eigenvalue weighted by Crippen LogP contribution is -2.55. The zero-order valence-electron chi connectivity index (χ0n) is 13.8. The van der Waals surface area contributed by atoms with E-state index in [1.807, 2.05) is 4.90 Å². The van der Waals surface area contributed by atoms with Gasteiger partial charge in [-0.15, -0.1) is 0 Å². The van der Waals surface area contributed by atoms with E-state index in [1.165, 1.54) is 6.42 Å². The number of rotatable bonds is 6. The van der Waals surface area contributed by atoms with E-state index in [4.69, 9.17) is 0 Å². The Hall–Kier alpha value is -0.610. The number of hydrogen-bond acceptors (Lipinski definition) is 3. The summed E-state index contributed by atoms with van der Waals surface area (Å²) < 4.78 is 0. The van der Waals surface area contributed by atoms with Crippen molar-refractivity contribution in [1.82, 2.24) is 9.80 Å². The number of piperidine rings is 1. The number of fused-ring (bicyclic) bond motifs is 1. The monoisotopic (exact) mass is 296 g/mol. The minimum absolute atomic E-state index is 0.264. The van der Waals surface area contributed by atoms with Crippen molar-refractivity contribution in [2.45, 2.75) is 64.4 Å². The van der Waals surface area contributed by atoms with Crippen LogP contribution in [0.15, 0.2) is 0 Å². The first-order valence-electron chi connectivity index (χ1n) is 8.81. The van der Waals surface area contributed by atoms with Crippen molar-refractivity contribution in [3.05, 3.63) is 0 Å². The van der Waals surface area contributed by atoms with E-state index in [9.17, 15) is 9.90 Å². The SMILES string of the molecule is CCCN(CCC)C(=O)CN1CCC2(O)CCCCC2C1. The molecule has 0 spiro atoms. The molecule has 4 heteroatoms. The van der Waals surface area contributed by atoms with Crippen LogP contribution in [0, 0.1) is 5.92 Å². The molecule has 0 aromatic heterocycles. The largest absolute Gasteiger partial charge is 0.390 e. The van der Waals surface area contributed by atoms with Crippen molar-refractivity contribution in [3.63, 3.8) is 0 Å². The highest BCUT2D eigenvalue weighted by atomic mass is 16.3. The van der Waals surface area contributed by atoms with Gasteiger partial charge >= 0.3 is 0 Å².